The smallest absolute Gasteiger partial charge is 0.255 e. The van der Waals surface area contributed by atoms with Crippen LogP contribution in [0, 0.1) is 6.92 Å². The molecule has 6 rings (SSSR count). The maximum absolute atomic E-state index is 13.8. The molecule has 306 valence electrons. The first-order valence-electron chi connectivity index (χ1n) is 19.0. The second-order valence-corrected chi connectivity index (χ2v) is 17.0. The number of nitrogens with one attached hydrogen (secondary N) is 4. The van der Waals surface area contributed by atoms with Crippen LogP contribution in [0.4, 0.5) is 23.0 Å². The van der Waals surface area contributed by atoms with Crippen LogP contribution in [0.1, 0.15) is 59.0 Å². The van der Waals surface area contributed by atoms with E-state index in [2.05, 4.69) is 30.6 Å². The number of nitrogens with zero attached hydrogens (tertiary/aromatic N) is 3. The average Bonchev–Trinajstić information content (AvgIpc) is 3.45. The average molecular weight is 810 g/mol. The first-order chi connectivity index (χ1) is 27.6. The number of aryl methyl sites for hydroxylation is 1. The predicted molar refractivity (Wildman–Crippen MR) is 228 cm³/mol. The third kappa shape index (κ3) is 10.4. The Morgan fingerprint density at radius 2 is 1.71 bits per heavy atom. The van der Waals surface area contributed by atoms with Gasteiger partial charge in [0.2, 0.25) is 16.0 Å². The van der Waals surface area contributed by atoms with Crippen LogP contribution < -0.4 is 30.1 Å². The van der Waals surface area contributed by atoms with Gasteiger partial charge in [0.25, 0.3) is 11.8 Å². The monoisotopic (exact) mass is 809 g/mol. The van der Waals surface area contributed by atoms with Crippen molar-refractivity contribution in [3.8, 4) is 22.6 Å². The first-order valence-corrected chi connectivity index (χ1v) is 20.9. The summed E-state index contributed by atoms with van der Waals surface area (Å²) in [5.41, 5.74) is 5.90. The molecule has 1 aromatic heterocycles. The highest BCUT2D eigenvalue weighted by atomic mass is 32.2. The van der Waals surface area contributed by atoms with E-state index in [4.69, 9.17) is 19.2 Å². The SMILES string of the molecule is COc1cc(Nc2ncc3cc(-c4cc(C(=O)Nc5cc(C(C)(C)C)cc(NS(C)(=O)=O)c5OC)ccc4C)ccc3n2)ccc1C(=O)NCCN1CCCOCC1. The Morgan fingerprint density at radius 1 is 0.914 bits per heavy atom. The molecular formula is C43H51N7O7S. The highest BCUT2D eigenvalue weighted by molar-refractivity contribution is 7.92. The highest BCUT2D eigenvalue weighted by Crippen LogP contribution is 2.39. The fourth-order valence-electron chi connectivity index (χ4n) is 6.71. The van der Waals surface area contributed by atoms with Crippen molar-refractivity contribution in [1.29, 1.82) is 0 Å². The van der Waals surface area contributed by atoms with Crippen molar-refractivity contribution in [1.82, 2.24) is 20.2 Å². The summed E-state index contributed by atoms with van der Waals surface area (Å²) in [6.45, 7) is 12.5. The first kappa shape index (κ1) is 41.9. The number of amides is 2. The molecule has 0 unspecified atom stereocenters. The van der Waals surface area contributed by atoms with Gasteiger partial charge >= 0.3 is 0 Å². The van der Waals surface area contributed by atoms with Crippen LogP contribution in [0.15, 0.2) is 72.9 Å². The molecule has 0 aliphatic carbocycles. The standard InChI is InChI=1S/C43H51N7O7S/c1-27-9-10-29(40(51)47-36-23-31(43(2,3)4)24-37(39(36)56-6)49-58(7,53)54)22-34(27)28-11-14-35-30(21-28)26-45-42(48-35)46-32-12-13-33(38(25-32)55-5)41(52)44-15-17-50-16-8-19-57-20-18-50/h9-14,21-26,49H,8,15-20H2,1-7H3,(H,44,52)(H,47,51)(H,45,46,48). The molecule has 15 heteroatoms. The number of carbonyl (C=O) groups excluding carboxylic acids is 2. The lowest BCUT2D eigenvalue weighted by Gasteiger charge is -2.24. The van der Waals surface area contributed by atoms with E-state index in [0.717, 1.165) is 66.6 Å². The van der Waals surface area contributed by atoms with Crippen molar-refractivity contribution < 1.29 is 32.2 Å². The van der Waals surface area contributed by atoms with Crippen molar-refractivity contribution in [2.24, 2.45) is 0 Å². The number of hydrogen-bond acceptors (Lipinski definition) is 11. The molecule has 2 heterocycles. The minimum absolute atomic E-state index is 0.201. The van der Waals surface area contributed by atoms with Gasteiger partial charge in [-0.25, -0.2) is 18.4 Å². The van der Waals surface area contributed by atoms with Crippen LogP contribution >= 0.6 is 0 Å². The summed E-state index contributed by atoms with van der Waals surface area (Å²) in [6, 6.07) is 20.0. The number of sulfonamides is 1. The normalized spacial score (nSPS) is 13.7. The van der Waals surface area contributed by atoms with Crippen LogP contribution in [0.2, 0.25) is 0 Å². The number of anilines is 4. The number of rotatable bonds is 13. The van der Waals surface area contributed by atoms with Crippen LogP contribution in [0.3, 0.4) is 0 Å². The number of aromatic nitrogens is 2. The van der Waals surface area contributed by atoms with Gasteiger partial charge in [0, 0.05) is 61.7 Å². The summed E-state index contributed by atoms with van der Waals surface area (Å²) >= 11 is 0. The molecule has 1 aliphatic rings. The summed E-state index contributed by atoms with van der Waals surface area (Å²) in [7, 11) is -0.678. The third-order valence-corrected chi connectivity index (χ3v) is 10.4. The molecule has 4 aromatic carbocycles. The number of ether oxygens (including phenoxy) is 3. The molecule has 0 atom stereocenters. The number of carbonyl (C=O) groups is 2. The Labute approximate surface area is 339 Å². The largest absolute Gasteiger partial charge is 0.496 e. The van der Waals surface area contributed by atoms with Crippen LogP contribution in [-0.2, 0) is 20.2 Å². The fraction of sp³-hybridized carbons (Fsp3) is 0.349. The van der Waals surface area contributed by atoms with Gasteiger partial charge in [0.1, 0.15) is 5.75 Å². The topological polar surface area (TPSA) is 173 Å². The molecule has 58 heavy (non-hydrogen) atoms. The molecule has 0 saturated carbocycles. The summed E-state index contributed by atoms with van der Waals surface area (Å²) in [5, 5.41) is 9.96. The zero-order chi connectivity index (χ0) is 41.6. The van der Waals surface area contributed by atoms with E-state index in [0.29, 0.717) is 52.9 Å². The molecule has 1 fully saturated rings. The number of fused-ring (bicyclic) bond motifs is 1. The molecule has 0 radical (unpaired) electrons. The van der Waals surface area contributed by atoms with Crippen molar-refractivity contribution in [2.45, 2.75) is 39.5 Å². The number of methoxy groups -OCH3 is 2. The molecule has 4 N–H and O–H groups in total. The maximum Gasteiger partial charge on any atom is 0.255 e. The van der Waals surface area contributed by atoms with Crippen molar-refractivity contribution in [3.63, 3.8) is 0 Å². The Bertz CT molecular complexity index is 2430. The van der Waals surface area contributed by atoms with E-state index in [1.54, 1.807) is 42.6 Å². The maximum atomic E-state index is 13.8. The minimum atomic E-state index is -3.63. The van der Waals surface area contributed by atoms with Gasteiger partial charge in [-0.3, -0.25) is 19.2 Å². The van der Waals surface area contributed by atoms with E-state index >= 15 is 0 Å². The molecule has 2 amide bonds. The van der Waals surface area contributed by atoms with Gasteiger partial charge in [-0.2, -0.15) is 0 Å². The summed E-state index contributed by atoms with van der Waals surface area (Å²) < 4.78 is 43.6. The quantitative estimate of drug-likeness (QED) is 0.0993. The van der Waals surface area contributed by atoms with Gasteiger partial charge in [-0.05, 0) is 89.5 Å². The molecule has 1 aliphatic heterocycles. The Morgan fingerprint density at radius 3 is 2.45 bits per heavy atom. The molecular weight excluding hydrogens is 759 g/mol. The Balaban J connectivity index is 1.17. The van der Waals surface area contributed by atoms with Crippen molar-refractivity contribution in [3.05, 3.63) is 95.2 Å². The Hall–Kier alpha value is -5.77. The number of hydrogen-bond donors (Lipinski definition) is 4. The Kier molecular flexibility index (Phi) is 12.8. The van der Waals surface area contributed by atoms with Crippen LogP contribution in [-0.4, -0.2) is 95.0 Å². The summed E-state index contributed by atoms with van der Waals surface area (Å²) in [5.74, 6) is 0.398. The fourth-order valence-corrected chi connectivity index (χ4v) is 7.26. The highest BCUT2D eigenvalue weighted by Gasteiger charge is 2.23. The zero-order valence-corrected chi connectivity index (χ0v) is 34.8. The molecule has 0 spiro atoms. The van der Waals surface area contributed by atoms with Gasteiger partial charge in [-0.1, -0.05) is 32.9 Å². The lowest BCUT2D eigenvalue weighted by atomic mass is 9.86. The van der Waals surface area contributed by atoms with E-state index in [1.807, 2.05) is 58.0 Å². The van der Waals surface area contributed by atoms with Crippen LogP contribution in [0.25, 0.3) is 22.0 Å². The van der Waals surface area contributed by atoms with E-state index < -0.39 is 10.0 Å². The lowest BCUT2D eigenvalue weighted by molar-refractivity contribution is 0.0943. The second-order valence-electron chi connectivity index (χ2n) is 15.3. The predicted octanol–water partition coefficient (Wildman–Crippen LogP) is 6.74. The summed E-state index contributed by atoms with van der Waals surface area (Å²) in [4.78, 5) is 38.3. The molecule has 5 aromatic rings. The van der Waals surface area contributed by atoms with E-state index in [-0.39, 0.29) is 28.7 Å². The molecule has 0 bridgehead atoms. The second kappa shape index (κ2) is 17.8. The van der Waals surface area contributed by atoms with Crippen LogP contribution in [0.5, 0.6) is 11.5 Å². The van der Waals surface area contributed by atoms with Crippen molar-refractivity contribution in [2.75, 3.05) is 75.2 Å². The van der Waals surface area contributed by atoms with E-state index in [9.17, 15) is 18.0 Å². The molecule has 1 saturated heterocycles. The van der Waals surface area contributed by atoms with Gasteiger partial charge in [-0.15, -0.1) is 0 Å². The third-order valence-electron chi connectivity index (χ3n) is 9.82. The lowest BCUT2D eigenvalue weighted by Crippen LogP contribution is -2.36. The zero-order valence-electron chi connectivity index (χ0n) is 34.0. The van der Waals surface area contributed by atoms with Crippen molar-refractivity contribution >= 4 is 55.8 Å². The summed E-state index contributed by atoms with van der Waals surface area (Å²) in [6.07, 6.45) is 3.78. The molecule has 14 nitrogen and oxygen atoms in total. The van der Waals surface area contributed by atoms with Gasteiger partial charge in [0.05, 0.1) is 49.5 Å². The van der Waals surface area contributed by atoms with E-state index in [1.165, 1.54) is 14.2 Å². The number of benzene rings is 4. The van der Waals surface area contributed by atoms with Gasteiger partial charge < -0.3 is 30.2 Å². The minimum Gasteiger partial charge on any atom is -0.496 e. The van der Waals surface area contributed by atoms with Gasteiger partial charge in [0.15, 0.2) is 5.75 Å².